The third kappa shape index (κ3) is 2.27. The molecule has 2 heterocycles. The van der Waals surface area contributed by atoms with Gasteiger partial charge in [-0.2, -0.15) is 0 Å². The Morgan fingerprint density at radius 3 is 3.05 bits per heavy atom. The van der Waals surface area contributed by atoms with Crippen LogP contribution in [-0.4, -0.2) is 25.4 Å². The zero-order valence-corrected chi connectivity index (χ0v) is 11.3. The van der Waals surface area contributed by atoms with Gasteiger partial charge in [-0.1, -0.05) is 6.07 Å². The minimum absolute atomic E-state index is 0.165. The first-order valence-electron chi connectivity index (χ1n) is 6.33. The second kappa shape index (κ2) is 4.80. The maximum atomic E-state index is 12.0. The van der Waals surface area contributed by atoms with E-state index in [4.69, 9.17) is 0 Å². The van der Waals surface area contributed by atoms with Crippen LogP contribution in [0.4, 0.5) is 0 Å². The number of aryl methyl sites for hydroxylation is 2. The van der Waals surface area contributed by atoms with Crippen LogP contribution in [0.25, 0.3) is 11.0 Å². The first kappa shape index (κ1) is 12.4. The molecular weight excluding hydrogens is 254 g/mol. The first-order chi connectivity index (χ1) is 9.63. The van der Waals surface area contributed by atoms with E-state index in [0.717, 1.165) is 16.9 Å². The van der Waals surface area contributed by atoms with Crippen LogP contribution >= 0.6 is 0 Å². The average Bonchev–Trinajstić information content (AvgIpc) is 3.01. The Labute approximate surface area is 115 Å². The van der Waals surface area contributed by atoms with Gasteiger partial charge < -0.3 is 14.9 Å². The lowest BCUT2D eigenvalue weighted by Gasteiger charge is -2.03. The molecule has 3 rings (SSSR count). The van der Waals surface area contributed by atoms with Crippen LogP contribution in [0.2, 0.25) is 0 Å². The van der Waals surface area contributed by atoms with Crippen molar-refractivity contribution in [2.45, 2.75) is 13.5 Å². The second-order valence-electron chi connectivity index (χ2n) is 4.78. The van der Waals surface area contributed by atoms with Crippen LogP contribution in [0.3, 0.4) is 0 Å². The lowest BCUT2D eigenvalue weighted by Crippen LogP contribution is -2.25. The van der Waals surface area contributed by atoms with Gasteiger partial charge in [-0.25, -0.2) is 9.97 Å². The monoisotopic (exact) mass is 269 g/mol. The SMILES string of the molecule is Cc1ccc2nc(CNC(=O)c3cncn3C)[nH]c2c1. The number of benzene rings is 1. The van der Waals surface area contributed by atoms with Crippen molar-refractivity contribution < 1.29 is 4.79 Å². The number of H-pyrrole nitrogens is 1. The Balaban J connectivity index is 1.74. The molecule has 0 saturated heterocycles. The normalized spacial score (nSPS) is 10.9. The van der Waals surface area contributed by atoms with Crippen LogP contribution in [-0.2, 0) is 13.6 Å². The Kier molecular flexibility index (Phi) is 2.98. The Bertz CT molecular complexity index is 771. The molecule has 6 nitrogen and oxygen atoms in total. The zero-order chi connectivity index (χ0) is 14.1. The summed E-state index contributed by atoms with van der Waals surface area (Å²) in [5.74, 6) is 0.572. The molecule has 0 spiro atoms. The van der Waals surface area contributed by atoms with Crippen molar-refractivity contribution in [2.75, 3.05) is 0 Å². The number of aromatic amines is 1. The molecule has 6 heteroatoms. The summed E-state index contributed by atoms with van der Waals surface area (Å²) in [6.45, 7) is 2.39. The number of carbonyl (C=O) groups is 1. The minimum Gasteiger partial charge on any atom is -0.343 e. The third-order valence-corrected chi connectivity index (χ3v) is 3.15. The van der Waals surface area contributed by atoms with Crippen LogP contribution in [0.1, 0.15) is 21.9 Å². The number of imidazole rings is 2. The topological polar surface area (TPSA) is 75.6 Å². The van der Waals surface area contributed by atoms with Crippen molar-refractivity contribution in [1.29, 1.82) is 0 Å². The highest BCUT2D eigenvalue weighted by molar-refractivity contribution is 5.92. The second-order valence-corrected chi connectivity index (χ2v) is 4.78. The van der Waals surface area contributed by atoms with Gasteiger partial charge in [0.25, 0.3) is 5.91 Å². The van der Waals surface area contributed by atoms with E-state index in [0.29, 0.717) is 12.2 Å². The highest BCUT2D eigenvalue weighted by Crippen LogP contribution is 2.13. The molecule has 0 aliphatic rings. The Morgan fingerprint density at radius 2 is 2.30 bits per heavy atom. The van der Waals surface area contributed by atoms with E-state index in [1.54, 1.807) is 17.9 Å². The van der Waals surface area contributed by atoms with E-state index in [1.165, 1.54) is 11.8 Å². The minimum atomic E-state index is -0.165. The van der Waals surface area contributed by atoms with Crippen LogP contribution in [0.5, 0.6) is 0 Å². The highest BCUT2D eigenvalue weighted by atomic mass is 16.1. The number of fused-ring (bicyclic) bond motifs is 1. The molecule has 0 fully saturated rings. The number of carbonyl (C=O) groups excluding carboxylic acids is 1. The molecule has 1 aromatic carbocycles. The van der Waals surface area contributed by atoms with E-state index in [9.17, 15) is 4.79 Å². The standard InChI is InChI=1S/C14H15N5O/c1-9-3-4-10-11(5-9)18-13(17-10)7-16-14(20)12-6-15-8-19(12)2/h3-6,8H,7H2,1-2H3,(H,16,20)(H,17,18). The first-order valence-corrected chi connectivity index (χ1v) is 6.33. The van der Waals surface area contributed by atoms with Gasteiger partial charge in [0.1, 0.15) is 11.5 Å². The van der Waals surface area contributed by atoms with Gasteiger partial charge in [-0.15, -0.1) is 0 Å². The average molecular weight is 269 g/mol. The van der Waals surface area contributed by atoms with Crippen LogP contribution < -0.4 is 5.32 Å². The summed E-state index contributed by atoms with van der Waals surface area (Å²) >= 11 is 0. The van der Waals surface area contributed by atoms with E-state index in [2.05, 4.69) is 20.3 Å². The van der Waals surface area contributed by atoms with Crippen molar-refractivity contribution in [3.8, 4) is 0 Å². The van der Waals surface area contributed by atoms with Crippen LogP contribution in [0.15, 0.2) is 30.7 Å². The lowest BCUT2D eigenvalue weighted by molar-refractivity contribution is 0.0942. The Morgan fingerprint density at radius 1 is 1.45 bits per heavy atom. The molecule has 0 radical (unpaired) electrons. The third-order valence-electron chi connectivity index (χ3n) is 3.15. The van der Waals surface area contributed by atoms with Crippen molar-refractivity contribution in [3.05, 3.63) is 47.8 Å². The smallest absolute Gasteiger partial charge is 0.269 e. The summed E-state index contributed by atoms with van der Waals surface area (Å²) in [6, 6.07) is 6.02. The number of amides is 1. The Hall–Kier alpha value is -2.63. The molecular formula is C14H15N5O. The maximum absolute atomic E-state index is 12.0. The summed E-state index contributed by atoms with van der Waals surface area (Å²) in [5, 5.41) is 2.82. The quantitative estimate of drug-likeness (QED) is 0.757. The van der Waals surface area contributed by atoms with Gasteiger partial charge in [-0.3, -0.25) is 4.79 Å². The summed E-state index contributed by atoms with van der Waals surface area (Å²) < 4.78 is 1.68. The molecule has 102 valence electrons. The predicted octanol–water partition coefficient (Wildman–Crippen LogP) is 1.53. The number of aromatic nitrogens is 4. The molecule has 0 saturated carbocycles. The number of nitrogens with zero attached hydrogens (tertiary/aromatic N) is 3. The van der Waals surface area contributed by atoms with Crippen molar-refractivity contribution in [3.63, 3.8) is 0 Å². The molecule has 1 amide bonds. The summed E-state index contributed by atoms with van der Waals surface area (Å²) in [7, 11) is 1.78. The summed E-state index contributed by atoms with van der Waals surface area (Å²) in [4.78, 5) is 23.5. The van der Waals surface area contributed by atoms with Gasteiger partial charge in [0.2, 0.25) is 0 Å². The summed E-state index contributed by atoms with van der Waals surface area (Å²) in [5.41, 5.74) is 3.58. The van der Waals surface area contributed by atoms with Crippen LogP contribution in [0, 0.1) is 6.92 Å². The molecule has 2 N–H and O–H groups in total. The van der Waals surface area contributed by atoms with E-state index in [-0.39, 0.29) is 5.91 Å². The van der Waals surface area contributed by atoms with Gasteiger partial charge in [0.15, 0.2) is 0 Å². The molecule has 2 aromatic heterocycles. The number of hydrogen-bond donors (Lipinski definition) is 2. The van der Waals surface area contributed by atoms with Gasteiger partial charge in [-0.05, 0) is 24.6 Å². The molecule has 0 aliphatic carbocycles. The van der Waals surface area contributed by atoms with Gasteiger partial charge in [0, 0.05) is 7.05 Å². The molecule has 0 aliphatic heterocycles. The van der Waals surface area contributed by atoms with E-state index < -0.39 is 0 Å². The fourth-order valence-electron chi connectivity index (χ4n) is 2.09. The van der Waals surface area contributed by atoms with Gasteiger partial charge in [0.05, 0.1) is 30.1 Å². The molecule has 0 unspecified atom stereocenters. The fraction of sp³-hybridized carbons (Fsp3) is 0.214. The number of nitrogens with one attached hydrogen (secondary N) is 2. The fourth-order valence-corrected chi connectivity index (χ4v) is 2.09. The predicted molar refractivity (Wildman–Crippen MR) is 75.2 cm³/mol. The van der Waals surface area contributed by atoms with Crippen molar-refractivity contribution >= 4 is 16.9 Å². The maximum Gasteiger partial charge on any atom is 0.269 e. The van der Waals surface area contributed by atoms with Crippen molar-refractivity contribution in [2.24, 2.45) is 7.05 Å². The summed E-state index contributed by atoms with van der Waals surface area (Å²) in [6.07, 6.45) is 3.14. The van der Waals surface area contributed by atoms with E-state index >= 15 is 0 Å². The molecule has 20 heavy (non-hydrogen) atoms. The largest absolute Gasteiger partial charge is 0.343 e. The van der Waals surface area contributed by atoms with E-state index in [1.807, 2.05) is 25.1 Å². The number of hydrogen-bond acceptors (Lipinski definition) is 3. The zero-order valence-electron chi connectivity index (χ0n) is 11.3. The number of rotatable bonds is 3. The molecule has 0 atom stereocenters. The molecule has 3 aromatic rings. The van der Waals surface area contributed by atoms with Gasteiger partial charge >= 0.3 is 0 Å². The van der Waals surface area contributed by atoms with Crippen molar-refractivity contribution in [1.82, 2.24) is 24.8 Å². The molecule has 0 bridgehead atoms. The lowest BCUT2D eigenvalue weighted by atomic mass is 10.2. The highest BCUT2D eigenvalue weighted by Gasteiger charge is 2.10.